The summed E-state index contributed by atoms with van der Waals surface area (Å²) in [6.07, 6.45) is 2.32. The van der Waals surface area contributed by atoms with Crippen LogP contribution in [0.5, 0.6) is 0 Å². The van der Waals surface area contributed by atoms with Gasteiger partial charge in [-0.05, 0) is 30.7 Å². The van der Waals surface area contributed by atoms with Gasteiger partial charge < -0.3 is 4.90 Å². The number of aryl methyl sites for hydroxylation is 1. The summed E-state index contributed by atoms with van der Waals surface area (Å²) in [6.45, 7) is 3.72. The largest absolute Gasteiger partial charge is 0.314 e. The van der Waals surface area contributed by atoms with E-state index in [2.05, 4.69) is 9.97 Å². The van der Waals surface area contributed by atoms with Gasteiger partial charge in [-0.25, -0.2) is 4.98 Å². The number of nitrogens with zero attached hydrogens (tertiary/aromatic N) is 3. The van der Waals surface area contributed by atoms with Gasteiger partial charge in [0.25, 0.3) is 0 Å². The zero-order valence-electron chi connectivity index (χ0n) is 15.9. The molecule has 3 aromatic rings. The number of halogens is 1. The van der Waals surface area contributed by atoms with E-state index in [1.165, 1.54) is 11.3 Å². The van der Waals surface area contributed by atoms with Crippen LogP contribution in [0.25, 0.3) is 11.1 Å². The van der Waals surface area contributed by atoms with Gasteiger partial charge >= 0.3 is 0 Å². The normalized spacial score (nSPS) is 10.7. The average Bonchev–Trinajstić information content (AvgIpc) is 3.11. The molecule has 5 nitrogen and oxygen atoms in total. The number of pyridine rings is 1. The first-order chi connectivity index (χ1) is 13.4. The number of ketones is 1. The van der Waals surface area contributed by atoms with E-state index in [1.54, 1.807) is 30.3 Å². The third-order valence-electron chi connectivity index (χ3n) is 4.35. The highest BCUT2D eigenvalue weighted by Crippen LogP contribution is 2.31. The predicted molar refractivity (Wildman–Crippen MR) is 113 cm³/mol. The zero-order valence-corrected chi connectivity index (χ0v) is 17.5. The maximum absolute atomic E-state index is 12.4. The van der Waals surface area contributed by atoms with Crippen LogP contribution in [0, 0.1) is 6.92 Å². The highest BCUT2D eigenvalue weighted by Gasteiger charge is 2.14. The summed E-state index contributed by atoms with van der Waals surface area (Å²) in [6, 6.07) is 9.06. The summed E-state index contributed by atoms with van der Waals surface area (Å²) in [7, 11) is 1.71. The predicted octanol–water partition coefficient (Wildman–Crippen LogP) is 4.97. The van der Waals surface area contributed by atoms with Gasteiger partial charge in [-0.3, -0.25) is 14.6 Å². The number of amides is 1. The van der Waals surface area contributed by atoms with E-state index in [4.69, 9.17) is 11.6 Å². The van der Waals surface area contributed by atoms with Crippen molar-refractivity contribution in [2.75, 3.05) is 11.9 Å². The van der Waals surface area contributed by atoms with Crippen LogP contribution in [0.4, 0.5) is 5.69 Å². The summed E-state index contributed by atoms with van der Waals surface area (Å²) in [4.78, 5) is 34.4. The van der Waals surface area contributed by atoms with E-state index in [1.807, 2.05) is 37.4 Å². The van der Waals surface area contributed by atoms with Crippen molar-refractivity contribution < 1.29 is 9.59 Å². The second-order valence-electron chi connectivity index (χ2n) is 6.39. The van der Waals surface area contributed by atoms with Gasteiger partial charge in [0.1, 0.15) is 10.7 Å². The molecule has 0 aliphatic rings. The SMILES string of the molecule is CCC(=O)N(C)c1ccc(-c2ccc(C(=O)Cc3nc(C)cs3)nc2)cc1Cl. The van der Waals surface area contributed by atoms with Gasteiger partial charge in [-0.2, -0.15) is 0 Å². The Labute approximate surface area is 173 Å². The molecule has 2 aromatic heterocycles. The molecule has 0 spiro atoms. The second kappa shape index (κ2) is 8.63. The Bertz CT molecular complexity index is 1010. The lowest BCUT2D eigenvalue weighted by Gasteiger charge is -2.18. The topological polar surface area (TPSA) is 63.2 Å². The van der Waals surface area contributed by atoms with Crippen LogP contribution in [0.2, 0.25) is 5.02 Å². The van der Waals surface area contributed by atoms with Crippen LogP contribution in [0.15, 0.2) is 41.9 Å². The molecule has 144 valence electrons. The van der Waals surface area contributed by atoms with Crippen molar-refractivity contribution in [3.63, 3.8) is 0 Å². The number of anilines is 1. The number of rotatable bonds is 6. The number of carbonyl (C=O) groups is 2. The van der Waals surface area contributed by atoms with Crippen LogP contribution in [0.3, 0.4) is 0 Å². The third kappa shape index (κ3) is 4.46. The monoisotopic (exact) mass is 413 g/mol. The van der Waals surface area contributed by atoms with E-state index in [9.17, 15) is 9.59 Å². The molecule has 7 heteroatoms. The van der Waals surface area contributed by atoms with E-state index >= 15 is 0 Å². The standard InChI is InChI=1S/C21H20ClN3O2S/c1-4-21(27)25(3)18-8-6-14(9-16(18)22)15-5-7-17(23-11-15)19(26)10-20-24-13(2)12-28-20/h5-9,11-12H,4,10H2,1-3H3. The fourth-order valence-corrected chi connectivity index (χ4v) is 3.85. The molecule has 0 saturated carbocycles. The maximum Gasteiger partial charge on any atom is 0.226 e. The molecule has 0 atom stereocenters. The molecule has 0 unspecified atom stereocenters. The summed E-state index contributed by atoms with van der Waals surface area (Å²) >= 11 is 7.85. The van der Waals surface area contributed by atoms with E-state index in [0.29, 0.717) is 22.8 Å². The molecule has 0 aliphatic carbocycles. The van der Waals surface area contributed by atoms with Gasteiger partial charge in [0, 0.05) is 36.3 Å². The van der Waals surface area contributed by atoms with Crippen molar-refractivity contribution in [2.24, 2.45) is 0 Å². The van der Waals surface area contributed by atoms with Crippen molar-refractivity contribution in [3.05, 3.63) is 63.3 Å². The molecular formula is C21H20ClN3O2S. The minimum atomic E-state index is -0.0611. The van der Waals surface area contributed by atoms with Gasteiger partial charge in [0.05, 0.1) is 17.1 Å². The van der Waals surface area contributed by atoms with Crippen molar-refractivity contribution in [1.82, 2.24) is 9.97 Å². The molecular weight excluding hydrogens is 394 g/mol. The Kier molecular flexibility index (Phi) is 6.21. The maximum atomic E-state index is 12.4. The molecule has 0 N–H and O–H groups in total. The zero-order chi connectivity index (χ0) is 20.3. The number of carbonyl (C=O) groups excluding carboxylic acids is 2. The van der Waals surface area contributed by atoms with E-state index in [0.717, 1.165) is 21.8 Å². The molecule has 0 aliphatic heterocycles. The quantitative estimate of drug-likeness (QED) is 0.535. The van der Waals surface area contributed by atoms with E-state index < -0.39 is 0 Å². The third-order valence-corrected chi connectivity index (χ3v) is 5.62. The Morgan fingerprint density at radius 1 is 1.18 bits per heavy atom. The number of aromatic nitrogens is 2. The van der Waals surface area contributed by atoms with Gasteiger partial charge in [-0.15, -0.1) is 11.3 Å². The minimum absolute atomic E-state index is 0.00499. The number of hydrogen-bond acceptors (Lipinski definition) is 5. The summed E-state index contributed by atoms with van der Waals surface area (Å²) in [5.41, 5.74) is 3.71. The average molecular weight is 414 g/mol. The van der Waals surface area contributed by atoms with Crippen molar-refractivity contribution in [2.45, 2.75) is 26.7 Å². The summed E-state index contributed by atoms with van der Waals surface area (Å²) in [5, 5.41) is 3.21. The van der Waals surface area contributed by atoms with Crippen molar-refractivity contribution in [1.29, 1.82) is 0 Å². The molecule has 1 amide bonds. The Morgan fingerprint density at radius 3 is 2.50 bits per heavy atom. The Morgan fingerprint density at radius 2 is 1.93 bits per heavy atom. The number of Topliss-reactive ketones (excluding diaryl/α,β-unsaturated/α-hetero) is 1. The van der Waals surface area contributed by atoms with Crippen molar-refractivity contribution in [3.8, 4) is 11.1 Å². The first kappa shape index (κ1) is 20.2. The van der Waals surface area contributed by atoms with Crippen LogP contribution in [-0.4, -0.2) is 28.7 Å². The number of benzene rings is 1. The lowest BCUT2D eigenvalue weighted by Crippen LogP contribution is -2.25. The molecule has 0 radical (unpaired) electrons. The van der Waals surface area contributed by atoms with Crippen LogP contribution >= 0.6 is 22.9 Å². The molecule has 3 rings (SSSR count). The van der Waals surface area contributed by atoms with Gasteiger partial charge in [-0.1, -0.05) is 30.7 Å². The smallest absolute Gasteiger partial charge is 0.226 e. The fraction of sp³-hybridized carbons (Fsp3) is 0.238. The van der Waals surface area contributed by atoms with Gasteiger partial charge in [0.2, 0.25) is 5.91 Å². The van der Waals surface area contributed by atoms with Crippen LogP contribution < -0.4 is 4.90 Å². The molecule has 28 heavy (non-hydrogen) atoms. The van der Waals surface area contributed by atoms with Crippen LogP contribution in [-0.2, 0) is 11.2 Å². The fourth-order valence-electron chi connectivity index (χ4n) is 2.77. The molecule has 0 bridgehead atoms. The van der Waals surface area contributed by atoms with E-state index in [-0.39, 0.29) is 18.1 Å². The Hall–Kier alpha value is -2.57. The number of thiazole rings is 1. The first-order valence-electron chi connectivity index (χ1n) is 8.85. The molecule has 2 heterocycles. The number of hydrogen-bond donors (Lipinski definition) is 0. The molecule has 1 aromatic carbocycles. The lowest BCUT2D eigenvalue weighted by molar-refractivity contribution is -0.118. The van der Waals surface area contributed by atoms with Gasteiger partial charge in [0.15, 0.2) is 5.78 Å². The first-order valence-corrected chi connectivity index (χ1v) is 10.1. The minimum Gasteiger partial charge on any atom is -0.314 e. The molecule has 0 saturated heterocycles. The highest BCUT2D eigenvalue weighted by atomic mass is 35.5. The molecule has 0 fully saturated rings. The summed E-state index contributed by atoms with van der Waals surface area (Å²) < 4.78 is 0. The lowest BCUT2D eigenvalue weighted by atomic mass is 10.1. The summed E-state index contributed by atoms with van der Waals surface area (Å²) in [5.74, 6) is -0.0661. The van der Waals surface area contributed by atoms with Crippen molar-refractivity contribution >= 4 is 40.3 Å². The van der Waals surface area contributed by atoms with Crippen LogP contribution in [0.1, 0.15) is 34.5 Å². The second-order valence-corrected chi connectivity index (χ2v) is 7.74. The Balaban J connectivity index is 1.77. The highest BCUT2D eigenvalue weighted by molar-refractivity contribution is 7.09.